The Labute approximate surface area is 199 Å². The summed E-state index contributed by atoms with van der Waals surface area (Å²) in [6.45, 7) is 5.05. The van der Waals surface area contributed by atoms with Crippen LogP contribution in [0.2, 0.25) is 0 Å². The molecule has 0 bridgehead atoms. The molecule has 3 amide bonds. The Morgan fingerprint density at radius 3 is 2.58 bits per heavy atom. The van der Waals surface area contributed by atoms with Crippen LogP contribution in [0.5, 0.6) is 0 Å². The number of likely N-dealkylation sites (tertiary alicyclic amines) is 1. The van der Waals surface area contributed by atoms with Gasteiger partial charge in [-0.25, -0.2) is 4.98 Å². The van der Waals surface area contributed by atoms with E-state index in [1.807, 2.05) is 15.2 Å². The lowest BCUT2D eigenvalue weighted by molar-refractivity contribution is -0.127. The Balaban J connectivity index is 1.12. The second-order valence-corrected chi connectivity index (χ2v) is 10.1. The average molecular weight is 477 g/mol. The van der Waals surface area contributed by atoms with Crippen LogP contribution in [0.25, 0.3) is 0 Å². The van der Waals surface area contributed by atoms with Crippen LogP contribution in [0.1, 0.15) is 61.9 Å². The summed E-state index contributed by atoms with van der Waals surface area (Å²) in [7, 11) is 0. The summed E-state index contributed by atoms with van der Waals surface area (Å²) in [5.74, 6) is 0.201. The van der Waals surface area contributed by atoms with Crippen molar-refractivity contribution < 1.29 is 14.4 Å². The molecule has 3 aliphatic rings. The Morgan fingerprint density at radius 2 is 1.85 bits per heavy atom. The highest BCUT2D eigenvalue weighted by Gasteiger charge is 2.25. The number of aromatic nitrogens is 1. The molecule has 1 aliphatic carbocycles. The van der Waals surface area contributed by atoms with Crippen molar-refractivity contribution in [2.75, 3.05) is 57.7 Å². The summed E-state index contributed by atoms with van der Waals surface area (Å²) in [5, 5.41) is 9.13. The average Bonchev–Trinajstić information content (AvgIpc) is 3.46. The number of nitrogens with zero attached hydrogens (tertiary/aromatic N) is 4. The molecule has 4 rings (SSSR count). The van der Waals surface area contributed by atoms with Gasteiger partial charge < -0.3 is 20.4 Å². The smallest absolute Gasteiger partial charge is 0.273 e. The SMILES string of the molecule is O=C(CN1CCN(C(=O)c2csc(NC3CCCCC3)n2)CC1)NCCCN1CCCC1=O. The standard InChI is InChI=1S/C23H36N6O3S/c30-20(24-9-5-11-28-10-4-8-21(28)31)16-27-12-14-29(15-13-27)22(32)19-17-33-23(26-19)25-18-6-2-1-3-7-18/h17-18H,1-16H2,(H,24,30)(H,25,26). The van der Waals surface area contributed by atoms with E-state index in [1.165, 1.54) is 43.4 Å². The van der Waals surface area contributed by atoms with E-state index < -0.39 is 0 Å². The molecule has 10 heteroatoms. The lowest BCUT2D eigenvalue weighted by atomic mass is 9.96. The lowest BCUT2D eigenvalue weighted by Crippen LogP contribution is -2.51. The van der Waals surface area contributed by atoms with Crippen LogP contribution in [-0.2, 0) is 9.59 Å². The molecule has 0 aromatic carbocycles. The van der Waals surface area contributed by atoms with E-state index in [2.05, 4.69) is 20.5 Å². The number of hydrogen-bond acceptors (Lipinski definition) is 7. The third kappa shape index (κ3) is 6.89. The maximum Gasteiger partial charge on any atom is 0.273 e. The second kappa shape index (κ2) is 11.8. The monoisotopic (exact) mass is 476 g/mol. The van der Waals surface area contributed by atoms with Gasteiger partial charge in [0, 0.05) is 63.7 Å². The number of piperazine rings is 1. The summed E-state index contributed by atoms with van der Waals surface area (Å²) in [4.78, 5) is 47.0. The second-order valence-electron chi connectivity index (χ2n) is 9.27. The number of nitrogens with one attached hydrogen (secondary N) is 2. The van der Waals surface area contributed by atoms with Crippen molar-refractivity contribution >= 4 is 34.2 Å². The molecule has 3 heterocycles. The third-order valence-electron chi connectivity index (χ3n) is 6.78. The quantitative estimate of drug-likeness (QED) is 0.527. The summed E-state index contributed by atoms with van der Waals surface area (Å²) in [6, 6.07) is 0.477. The van der Waals surface area contributed by atoms with E-state index in [0.717, 1.165) is 24.5 Å². The molecule has 1 aromatic heterocycles. The van der Waals surface area contributed by atoms with E-state index in [0.29, 0.717) is 64.0 Å². The van der Waals surface area contributed by atoms with Crippen LogP contribution in [0.4, 0.5) is 5.13 Å². The summed E-state index contributed by atoms with van der Waals surface area (Å²) >= 11 is 1.51. The van der Waals surface area contributed by atoms with Gasteiger partial charge in [-0.2, -0.15) is 0 Å². The minimum absolute atomic E-state index is 0.000421. The topological polar surface area (TPSA) is 97.9 Å². The molecule has 2 saturated heterocycles. The van der Waals surface area contributed by atoms with Gasteiger partial charge in [0.05, 0.1) is 6.54 Å². The number of thiazole rings is 1. The maximum absolute atomic E-state index is 12.9. The molecule has 1 aromatic rings. The van der Waals surface area contributed by atoms with Gasteiger partial charge in [-0.3, -0.25) is 19.3 Å². The molecule has 182 valence electrons. The fourth-order valence-corrected chi connectivity index (χ4v) is 5.59. The van der Waals surface area contributed by atoms with Crippen molar-refractivity contribution in [2.24, 2.45) is 0 Å². The molecular weight excluding hydrogens is 440 g/mol. The van der Waals surface area contributed by atoms with Gasteiger partial charge >= 0.3 is 0 Å². The Kier molecular flexibility index (Phi) is 8.55. The van der Waals surface area contributed by atoms with Crippen LogP contribution in [0.3, 0.4) is 0 Å². The third-order valence-corrected chi connectivity index (χ3v) is 7.55. The highest BCUT2D eigenvalue weighted by molar-refractivity contribution is 7.13. The zero-order valence-electron chi connectivity index (χ0n) is 19.4. The van der Waals surface area contributed by atoms with Gasteiger partial charge in [0.2, 0.25) is 11.8 Å². The number of amides is 3. The fourth-order valence-electron chi connectivity index (χ4n) is 4.83. The first-order chi connectivity index (χ1) is 16.1. The predicted octanol–water partition coefficient (Wildman–Crippen LogP) is 1.77. The Hall–Kier alpha value is -2.20. The number of carbonyl (C=O) groups is 3. The zero-order chi connectivity index (χ0) is 23.0. The molecule has 9 nitrogen and oxygen atoms in total. The summed E-state index contributed by atoms with van der Waals surface area (Å²) in [5.41, 5.74) is 0.515. The normalized spacial score (nSPS) is 20.3. The molecule has 0 unspecified atom stereocenters. The Morgan fingerprint density at radius 1 is 1.06 bits per heavy atom. The van der Waals surface area contributed by atoms with E-state index in [4.69, 9.17) is 0 Å². The van der Waals surface area contributed by atoms with Gasteiger partial charge in [-0.15, -0.1) is 11.3 Å². The largest absolute Gasteiger partial charge is 0.359 e. The van der Waals surface area contributed by atoms with Crippen molar-refractivity contribution in [3.8, 4) is 0 Å². The van der Waals surface area contributed by atoms with Gasteiger partial charge in [-0.05, 0) is 25.7 Å². The highest BCUT2D eigenvalue weighted by atomic mass is 32.1. The van der Waals surface area contributed by atoms with Gasteiger partial charge in [0.15, 0.2) is 5.13 Å². The van der Waals surface area contributed by atoms with E-state index in [9.17, 15) is 14.4 Å². The fraction of sp³-hybridized carbons (Fsp3) is 0.739. The molecular formula is C23H36N6O3S. The zero-order valence-corrected chi connectivity index (χ0v) is 20.2. The van der Waals surface area contributed by atoms with Crippen molar-refractivity contribution in [3.63, 3.8) is 0 Å². The van der Waals surface area contributed by atoms with Gasteiger partial charge in [0.25, 0.3) is 5.91 Å². The summed E-state index contributed by atoms with van der Waals surface area (Å²) < 4.78 is 0. The molecule has 0 spiro atoms. The first-order valence-corrected chi connectivity index (χ1v) is 13.2. The first-order valence-electron chi connectivity index (χ1n) is 12.4. The van der Waals surface area contributed by atoms with Crippen molar-refractivity contribution in [1.82, 2.24) is 25.0 Å². The molecule has 33 heavy (non-hydrogen) atoms. The van der Waals surface area contributed by atoms with E-state index in [-0.39, 0.29) is 17.7 Å². The molecule has 0 radical (unpaired) electrons. The number of carbonyl (C=O) groups excluding carboxylic acids is 3. The van der Waals surface area contributed by atoms with E-state index >= 15 is 0 Å². The van der Waals surface area contributed by atoms with Crippen molar-refractivity contribution in [1.29, 1.82) is 0 Å². The van der Waals surface area contributed by atoms with Crippen molar-refractivity contribution in [3.05, 3.63) is 11.1 Å². The van der Waals surface area contributed by atoms with Crippen molar-refractivity contribution in [2.45, 2.75) is 57.4 Å². The lowest BCUT2D eigenvalue weighted by Gasteiger charge is -2.34. The molecule has 3 fully saturated rings. The van der Waals surface area contributed by atoms with E-state index in [1.54, 1.807) is 0 Å². The van der Waals surface area contributed by atoms with Crippen LogP contribution in [0.15, 0.2) is 5.38 Å². The number of rotatable bonds is 9. The van der Waals surface area contributed by atoms with Gasteiger partial charge in [-0.1, -0.05) is 19.3 Å². The molecule has 0 atom stereocenters. The van der Waals surface area contributed by atoms with Crippen LogP contribution < -0.4 is 10.6 Å². The number of anilines is 1. The molecule has 2 N–H and O–H groups in total. The molecule has 1 saturated carbocycles. The maximum atomic E-state index is 12.9. The van der Waals surface area contributed by atoms with Crippen LogP contribution >= 0.6 is 11.3 Å². The van der Waals surface area contributed by atoms with Crippen LogP contribution in [-0.4, -0.2) is 95.8 Å². The minimum Gasteiger partial charge on any atom is -0.359 e. The Bertz CT molecular complexity index is 817. The van der Waals surface area contributed by atoms with Crippen LogP contribution in [0, 0.1) is 0 Å². The minimum atomic E-state index is -0.0245. The molecule has 2 aliphatic heterocycles. The van der Waals surface area contributed by atoms with Gasteiger partial charge in [0.1, 0.15) is 5.69 Å². The highest BCUT2D eigenvalue weighted by Crippen LogP contribution is 2.24. The summed E-state index contributed by atoms with van der Waals surface area (Å²) in [6.07, 6.45) is 8.57. The predicted molar refractivity (Wildman–Crippen MR) is 128 cm³/mol. The number of hydrogen-bond donors (Lipinski definition) is 2. The first kappa shape index (κ1) is 23.9.